The Hall–Kier alpha value is -4.65. The fourth-order valence-electron chi connectivity index (χ4n) is 3.84. The SMILES string of the molecule is C=CCc1cc(C=Nn2c(-c3cc4ccccc4o3)nc3ccccc3c2=O)cc(OC)c1O. The molecule has 0 amide bonds. The molecule has 2 heterocycles. The van der Waals surface area contributed by atoms with E-state index in [1.165, 1.54) is 18.0 Å². The summed E-state index contributed by atoms with van der Waals surface area (Å²) < 4.78 is 12.5. The monoisotopic (exact) mass is 451 g/mol. The maximum atomic E-state index is 13.4. The van der Waals surface area contributed by atoms with E-state index in [1.807, 2.05) is 36.4 Å². The van der Waals surface area contributed by atoms with Gasteiger partial charge in [-0.3, -0.25) is 4.79 Å². The van der Waals surface area contributed by atoms with E-state index in [2.05, 4.69) is 16.7 Å². The molecular weight excluding hydrogens is 430 g/mol. The zero-order valence-electron chi connectivity index (χ0n) is 18.4. The van der Waals surface area contributed by atoms with Crippen LogP contribution in [0.2, 0.25) is 0 Å². The summed E-state index contributed by atoms with van der Waals surface area (Å²) >= 11 is 0. The molecule has 1 N–H and O–H groups in total. The molecule has 0 saturated heterocycles. The highest BCUT2D eigenvalue weighted by atomic mass is 16.5. The summed E-state index contributed by atoms with van der Waals surface area (Å²) in [5, 5.41) is 16.2. The lowest BCUT2D eigenvalue weighted by molar-refractivity contribution is 0.371. The van der Waals surface area contributed by atoms with Crippen molar-refractivity contribution in [2.45, 2.75) is 6.42 Å². The second kappa shape index (κ2) is 8.71. The number of fused-ring (bicyclic) bond motifs is 2. The maximum absolute atomic E-state index is 13.4. The molecule has 0 atom stereocenters. The number of furan rings is 1. The van der Waals surface area contributed by atoms with Crippen LogP contribution < -0.4 is 10.3 Å². The Morgan fingerprint density at radius 1 is 1.15 bits per heavy atom. The van der Waals surface area contributed by atoms with E-state index in [9.17, 15) is 9.90 Å². The molecule has 0 bridgehead atoms. The molecule has 7 heteroatoms. The van der Waals surface area contributed by atoms with Gasteiger partial charge in [-0.05, 0) is 48.4 Å². The van der Waals surface area contributed by atoms with Crippen molar-refractivity contribution in [3.05, 3.63) is 101 Å². The average molecular weight is 451 g/mol. The lowest BCUT2D eigenvalue weighted by atomic mass is 10.1. The maximum Gasteiger partial charge on any atom is 0.282 e. The topological polar surface area (TPSA) is 89.9 Å². The minimum absolute atomic E-state index is 0.0482. The van der Waals surface area contributed by atoms with E-state index in [0.29, 0.717) is 45.5 Å². The minimum Gasteiger partial charge on any atom is -0.504 e. The van der Waals surface area contributed by atoms with Gasteiger partial charge in [-0.2, -0.15) is 9.78 Å². The minimum atomic E-state index is -0.325. The van der Waals surface area contributed by atoms with Crippen LogP contribution in [0.5, 0.6) is 11.5 Å². The van der Waals surface area contributed by atoms with Crippen molar-refractivity contribution in [2.24, 2.45) is 5.10 Å². The average Bonchev–Trinajstić information content (AvgIpc) is 3.29. The Kier molecular flexibility index (Phi) is 5.43. The van der Waals surface area contributed by atoms with Gasteiger partial charge in [0.1, 0.15) is 5.58 Å². The predicted octanol–water partition coefficient (Wildman–Crippen LogP) is 5.13. The van der Waals surface area contributed by atoms with Crippen molar-refractivity contribution < 1.29 is 14.3 Å². The Morgan fingerprint density at radius 3 is 2.74 bits per heavy atom. The van der Waals surface area contributed by atoms with Crippen LogP contribution in [-0.2, 0) is 6.42 Å². The number of allylic oxidation sites excluding steroid dienone is 1. The number of aromatic nitrogens is 2. The van der Waals surface area contributed by atoms with Gasteiger partial charge in [-0.25, -0.2) is 4.98 Å². The van der Waals surface area contributed by atoms with E-state index < -0.39 is 0 Å². The summed E-state index contributed by atoms with van der Waals surface area (Å²) in [6, 6.07) is 19.9. The second-order valence-corrected chi connectivity index (χ2v) is 7.69. The van der Waals surface area contributed by atoms with Crippen LogP contribution in [0.15, 0.2) is 93.7 Å². The highest BCUT2D eigenvalue weighted by Gasteiger charge is 2.16. The fourth-order valence-corrected chi connectivity index (χ4v) is 3.84. The lowest BCUT2D eigenvalue weighted by Gasteiger charge is -2.10. The van der Waals surface area contributed by atoms with Crippen LogP contribution in [-0.4, -0.2) is 28.1 Å². The van der Waals surface area contributed by atoms with Gasteiger partial charge in [0.25, 0.3) is 5.56 Å². The van der Waals surface area contributed by atoms with E-state index in [0.717, 1.165) is 5.39 Å². The molecule has 0 spiro atoms. The van der Waals surface area contributed by atoms with Gasteiger partial charge in [0.05, 0.1) is 24.2 Å². The Morgan fingerprint density at radius 2 is 1.94 bits per heavy atom. The van der Waals surface area contributed by atoms with E-state index in [4.69, 9.17) is 9.15 Å². The number of hydrogen-bond donors (Lipinski definition) is 1. The van der Waals surface area contributed by atoms with Crippen LogP contribution in [0.3, 0.4) is 0 Å². The molecule has 0 radical (unpaired) electrons. The molecule has 34 heavy (non-hydrogen) atoms. The molecule has 0 aliphatic carbocycles. The van der Waals surface area contributed by atoms with Crippen LogP contribution in [0.25, 0.3) is 33.5 Å². The summed E-state index contributed by atoms with van der Waals surface area (Å²) in [7, 11) is 1.48. The standard InChI is InChI=1S/C27H21N3O4/c1-3-8-19-13-17(14-23(33-2)25(19)31)16-28-30-26(24-15-18-9-4-7-12-22(18)34-24)29-21-11-6-5-10-20(21)27(30)32/h3-7,9-16,31H,1,8H2,2H3. The van der Waals surface area contributed by atoms with Gasteiger partial charge >= 0.3 is 0 Å². The van der Waals surface area contributed by atoms with Gasteiger partial charge in [0.15, 0.2) is 17.3 Å². The van der Waals surface area contributed by atoms with Gasteiger partial charge in [0.2, 0.25) is 5.82 Å². The number of benzene rings is 3. The van der Waals surface area contributed by atoms with Crippen molar-refractivity contribution in [3.63, 3.8) is 0 Å². The first-order valence-corrected chi connectivity index (χ1v) is 10.6. The number of rotatable bonds is 6. The van der Waals surface area contributed by atoms with Crippen LogP contribution in [0.1, 0.15) is 11.1 Å². The number of phenols is 1. The van der Waals surface area contributed by atoms with Crippen molar-refractivity contribution in [2.75, 3.05) is 7.11 Å². The summed E-state index contributed by atoms with van der Waals surface area (Å²) in [5.74, 6) is 1.07. The molecule has 5 rings (SSSR count). The van der Waals surface area contributed by atoms with Gasteiger partial charge < -0.3 is 14.3 Å². The van der Waals surface area contributed by atoms with Crippen molar-refractivity contribution in [1.82, 2.24) is 9.66 Å². The van der Waals surface area contributed by atoms with Crippen molar-refractivity contribution in [1.29, 1.82) is 0 Å². The van der Waals surface area contributed by atoms with Crippen molar-refractivity contribution >= 4 is 28.1 Å². The fraction of sp³-hybridized carbons (Fsp3) is 0.0741. The molecule has 7 nitrogen and oxygen atoms in total. The molecule has 3 aromatic carbocycles. The Balaban J connectivity index is 1.70. The molecule has 0 unspecified atom stereocenters. The number of nitrogens with zero attached hydrogens (tertiary/aromatic N) is 3. The first-order chi connectivity index (χ1) is 16.6. The van der Waals surface area contributed by atoms with Crippen LogP contribution >= 0.6 is 0 Å². The molecule has 0 aliphatic heterocycles. The zero-order chi connectivity index (χ0) is 23.7. The summed E-state index contributed by atoms with van der Waals surface area (Å²) in [6.07, 6.45) is 3.66. The lowest BCUT2D eigenvalue weighted by Crippen LogP contribution is -2.20. The molecule has 0 saturated carbocycles. The van der Waals surface area contributed by atoms with Gasteiger partial charge in [-0.15, -0.1) is 6.58 Å². The van der Waals surface area contributed by atoms with E-state index >= 15 is 0 Å². The molecule has 0 fully saturated rings. The normalized spacial score (nSPS) is 11.4. The van der Waals surface area contributed by atoms with E-state index in [-0.39, 0.29) is 17.1 Å². The third-order valence-corrected chi connectivity index (χ3v) is 5.48. The first kappa shape index (κ1) is 21.2. The number of aromatic hydroxyl groups is 1. The smallest absolute Gasteiger partial charge is 0.282 e. The van der Waals surface area contributed by atoms with Crippen LogP contribution in [0, 0.1) is 0 Å². The first-order valence-electron chi connectivity index (χ1n) is 10.6. The van der Waals surface area contributed by atoms with Crippen LogP contribution in [0.4, 0.5) is 0 Å². The molecule has 5 aromatic rings. The summed E-state index contributed by atoms with van der Waals surface area (Å²) in [5.41, 5.74) is 2.19. The number of hydrogen-bond acceptors (Lipinski definition) is 6. The summed E-state index contributed by atoms with van der Waals surface area (Å²) in [6.45, 7) is 3.73. The van der Waals surface area contributed by atoms with Crippen molar-refractivity contribution in [3.8, 4) is 23.1 Å². The van der Waals surface area contributed by atoms with E-state index in [1.54, 1.807) is 36.4 Å². The zero-order valence-corrected chi connectivity index (χ0v) is 18.4. The molecule has 168 valence electrons. The summed E-state index contributed by atoms with van der Waals surface area (Å²) in [4.78, 5) is 18.1. The van der Waals surface area contributed by atoms with Gasteiger partial charge in [-0.1, -0.05) is 36.4 Å². The number of ether oxygens (including phenoxy) is 1. The second-order valence-electron chi connectivity index (χ2n) is 7.69. The molecule has 2 aromatic heterocycles. The third-order valence-electron chi connectivity index (χ3n) is 5.48. The molecular formula is C27H21N3O4. The Labute approximate surface area is 194 Å². The molecule has 0 aliphatic rings. The number of para-hydroxylation sites is 2. The highest BCUT2D eigenvalue weighted by molar-refractivity contribution is 5.85. The largest absolute Gasteiger partial charge is 0.504 e. The number of methoxy groups -OCH3 is 1. The highest BCUT2D eigenvalue weighted by Crippen LogP contribution is 2.32. The predicted molar refractivity (Wildman–Crippen MR) is 133 cm³/mol. The van der Waals surface area contributed by atoms with Gasteiger partial charge in [0, 0.05) is 10.9 Å². The number of phenolic OH excluding ortho intramolecular Hbond substituents is 1. The quantitative estimate of drug-likeness (QED) is 0.285. The third kappa shape index (κ3) is 3.73. The Bertz CT molecular complexity index is 1600.